The Morgan fingerprint density at radius 2 is 1.58 bits per heavy atom. The molecule has 1 heterocycles. The van der Waals surface area contributed by atoms with Crippen LogP contribution in [0.15, 0.2) is 64.5 Å². The molecule has 0 bridgehead atoms. The number of para-hydroxylation sites is 1. The van der Waals surface area contributed by atoms with E-state index in [4.69, 9.17) is 9.47 Å². The zero-order chi connectivity index (χ0) is 22.4. The van der Waals surface area contributed by atoms with E-state index in [1.807, 2.05) is 19.1 Å². The zero-order valence-electron chi connectivity index (χ0n) is 18.1. The van der Waals surface area contributed by atoms with Gasteiger partial charge in [-0.15, -0.1) is 0 Å². The number of hydrogen-bond donors (Lipinski definition) is 0. The minimum atomic E-state index is -3.73. The topological polar surface area (TPSA) is 77.8 Å². The predicted molar refractivity (Wildman–Crippen MR) is 119 cm³/mol. The molecule has 0 radical (unpaired) electrons. The Kier molecular flexibility index (Phi) is 7.48. The van der Waals surface area contributed by atoms with Gasteiger partial charge in [-0.3, -0.25) is 4.79 Å². The Hall–Kier alpha value is -2.68. The third-order valence-electron chi connectivity index (χ3n) is 5.16. The second-order valence-electron chi connectivity index (χ2n) is 7.32. The van der Waals surface area contributed by atoms with Crippen LogP contribution in [0.5, 0.6) is 0 Å². The Morgan fingerprint density at radius 1 is 0.968 bits per heavy atom. The lowest BCUT2D eigenvalue weighted by molar-refractivity contribution is -0.133. The molecule has 166 valence electrons. The second-order valence-corrected chi connectivity index (χ2v) is 9.24. The van der Waals surface area contributed by atoms with E-state index in [-0.39, 0.29) is 22.2 Å². The fraction of sp³-hybridized carbons (Fsp3) is 0.348. The van der Waals surface area contributed by atoms with Crippen LogP contribution in [-0.2, 0) is 30.7 Å². The van der Waals surface area contributed by atoms with Gasteiger partial charge in [-0.2, -0.15) is 0 Å². The Balaban J connectivity index is 1.97. The summed E-state index contributed by atoms with van der Waals surface area (Å²) in [6, 6.07) is 14.0. The molecule has 8 heteroatoms. The first-order chi connectivity index (χ1) is 14.9. The average Bonchev–Trinajstić information content (AvgIpc) is 3.13. The first-order valence-electron chi connectivity index (χ1n) is 10.0. The van der Waals surface area contributed by atoms with Crippen LogP contribution < -0.4 is 0 Å². The lowest BCUT2D eigenvalue weighted by Crippen LogP contribution is -2.38. The van der Waals surface area contributed by atoms with E-state index in [9.17, 15) is 13.2 Å². The first kappa shape index (κ1) is 23.0. The number of aryl methyl sites for hydroxylation is 1. The monoisotopic (exact) mass is 444 g/mol. The summed E-state index contributed by atoms with van der Waals surface area (Å²) in [5.41, 5.74) is 1.68. The molecule has 0 fully saturated rings. The van der Waals surface area contributed by atoms with Gasteiger partial charge >= 0.3 is 0 Å². The molecule has 0 saturated carbocycles. The molecule has 0 spiro atoms. The minimum absolute atomic E-state index is 0.0252. The number of fused-ring (bicyclic) bond motifs is 1. The van der Waals surface area contributed by atoms with E-state index in [1.165, 1.54) is 0 Å². The number of methoxy groups -OCH3 is 2. The van der Waals surface area contributed by atoms with Gasteiger partial charge in [0.2, 0.25) is 15.7 Å². The maximum atomic E-state index is 13.3. The molecule has 0 atom stereocenters. The highest BCUT2D eigenvalue weighted by atomic mass is 32.2. The van der Waals surface area contributed by atoms with Crippen molar-refractivity contribution in [2.75, 3.05) is 40.5 Å². The van der Waals surface area contributed by atoms with Crippen LogP contribution >= 0.6 is 0 Å². The number of carbonyl (C=O) groups excluding carboxylic acids is 1. The molecule has 2 aromatic carbocycles. The molecule has 7 nitrogen and oxygen atoms in total. The lowest BCUT2D eigenvalue weighted by atomic mass is 10.2. The van der Waals surface area contributed by atoms with Crippen LogP contribution in [0.25, 0.3) is 10.9 Å². The van der Waals surface area contributed by atoms with E-state index >= 15 is 0 Å². The fourth-order valence-corrected chi connectivity index (χ4v) is 4.89. The van der Waals surface area contributed by atoms with Crippen molar-refractivity contribution in [1.82, 2.24) is 9.47 Å². The van der Waals surface area contributed by atoms with Gasteiger partial charge in [0, 0.05) is 44.4 Å². The van der Waals surface area contributed by atoms with Crippen LogP contribution in [0.3, 0.4) is 0 Å². The summed E-state index contributed by atoms with van der Waals surface area (Å²) in [6.07, 6.45) is 1.56. The smallest absolute Gasteiger partial charge is 0.242 e. The lowest BCUT2D eigenvalue weighted by Gasteiger charge is -2.22. The molecule has 31 heavy (non-hydrogen) atoms. The SMILES string of the molecule is COCCN(CCOC)C(=O)Cn1cc(S(=O)(=O)c2ccc(C)cc2)c2ccccc21. The highest BCUT2D eigenvalue weighted by Gasteiger charge is 2.24. The Bertz CT molecular complexity index is 1130. The van der Waals surface area contributed by atoms with E-state index in [0.29, 0.717) is 37.2 Å². The normalized spacial score (nSPS) is 11.7. The quantitative estimate of drug-likeness (QED) is 0.481. The molecule has 3 rings (SSSR count). The molecular formula is C23H28N2O5S. The van der Waals surface area contributed by atoms with Crippen molar-refractivity contribution in [2.24, 2.45) is 0 Å². The zero-order valence-corrected chi connectivity index (χ0v) is 18.9. The van der Waals surface area contributed by atoms with Gasteiger partial charge in [-0.25, -0.2) is 8.42 Å². The molecule has 0 unspecified atom stereocenters. The standard InChI is InChI=1S/C23H28N2O5S/c1-18-8-10-19(11-9-18)31(27,28)22-16-25(21-7-5-4-6-20(21)22)17-23(26)24(12-14-29-2)13-15-30-3/h4-11,16H,12-15,17H2,1-3H3. The summed E-state index contributed by atoms with van der Waals surface area (Å²) in [4.78, 5) is 15.1. The van der Waals surface area contributed by atoms with Crippen molar-refractivity contribution in [1.29, 1.82) is 0 Å². The summed E-state index contributed by atoms with van der Waals surface area (Å²) < 4.78 is 38.6. The van der Waals surface area contributed by atoms with Gasteiger partial charge in [0.25, 0.3) is 0 Å². The van der Waals surface area contributed by atoms with Crippen molar-refractivity contribution in [2.45, 2.75) is 23.3 Å². The molecule has 0 saturated heterocycles. The van der Waals surface area contributed by atoms with Gasteiger partial charge in [-0.05, 0) is 25.1 Å². The molecule has 0 aliphatic rings. The van der Waals surface area contributed by atoms with E-state index in [1.54, 1.807) is 66.3 Å². The van der Waals surface area contributed by atoms with Gasteiger partial charge in [-0.1, -0.05) is 35.9 Å². The number of hydrogen-bond acceptors (Lipinski definition) is 5. The van der Waals surface area contributed by atoms with Crippen molar-refractivity contribution in [3.8, 4) is 0 Å². The summed E-state index contributed by atoms with van der Waals surface area (Å²) >= 11 is 0. The predicted octanol–water partition coefficient (Wildman–Crippen LogP) is 2.90. The van der Waals surface area contributed by atoms with Crippen LogP contribution in [0.2, 0.25) is 0 Å². The summed E-state index contributed by atoms with van der Waals surface area (Å²) in [7, 11) is -0.564. The Labute approximate surface area is 183 Å². The summed E-state index contributed by atoms with van der Waals surface area (Å²) in [5, 5.41) is 0.594. The van der Waals surface area contributed by atoms with Crippen molar-refractivity contribution < 1.29 is 22.7 Å². The van der Waals surface area contributed by atoms with Crippen LogP contribution in [0, 0.1) is 6.92 Å². The van der Waals surface area contributed by atoms with Gasteiger partial charge in [0.15, 0.2) is 0 Å². The van der Waals surface area contributed by atoms with Crippen LogP contribution in [0.1, 0.15) is 5.56 Å². The molecule has 0 aliphatic carbocycles. The van der Waals surface area contributed by atoms with Gasteiger partial charge in [0.1, 0.15) is 6.54 Å². The third kappa shape index (κ3) is 5.15. The molecular weight excluding hydrogens is 416 g/mol. The number of carbonyl (C=O) groups is 1. The number of rotatable bonds is 10. The maximum absolute atomic E-state index is 13.3. The third-order valence-corrected chi connectivity index (χ3v) is 6.96. The molecule has 0 aliphatic heterocycles. The molecule has 1 amide bonds. The van der Waals surface area contributed by atoms with E-state index in [2.05, 4.69) is 0 Å². The number of benzene rings is 2. The van der Waals surface area contributed by atoms with Gasteiger partial charge < -0.3 is 18.9 Å². The molecule has 3 aromatic rings. The maximum Gasteiger partial charge on any atom is 0.242 e. The van der Waals surface area contributed by atoms with Crippen molar-refractivity contribution in [3.05, 3.63) is 60.3 Å². The number of aromatic nitrogens is 1. The number of ether oxygens (including phenoxy) is 2. The van der Waals surface area contributed by atoms with E-state index < -0.39 is 9.84 Å². The second kappa shape index (κ2) is 10.1. The summed E-state index contributed by atoms with van der Waals surface area (Å²) in [6.45, 7) is 3.63. The minimum Gasteiger partial charge on any atom is -0.383 e. The molecule has 0 N–H and O–H groups in total. The number of amides is 1. The van der Waals surface area contributed by atoms with Crippen molar-refractivity contribution >= 4 is 26.6 Å². The summed E-state index contributed by atoms with van der Waals surface area (Å²) in [5.74, 6) is -0.130. The first-order valence-corrected chi connectivity index (χ1v) is 11.5. The molecule has 1 aromatic heterocycles. The Morgan fingerprint density at radius 3 is 2.19 bits per heavy atom. The number of sulfone groups is 1. The number of nitrogens with zero attached hydrogens (tertiary/aromatic N) is 2. The largest absolute Gasteiger partial charge is 0.383 e. The van der Waals surface area contributed by atoms with Crippen molar-refractivity contribution in [3.63, 3.8) is 0 Å². The average molecular weight is 445 g/mol. The fourth-order valence-electron chi connectivity index (χ4n) is 3.41. The van der Waals surface area contributed by atoms with E-state index in [0.717, 1.165) is 5.56 Å². The van der Waals surface area contributed by atoms with Gasteiger partial charge in [0.05, 0.1) is 23.0 Å². The highest BCUT2D eigenvalue weighted by molar-refractivity contribution is 7.91. The highest BCUT2D eigenvalue weighted by Crippen LogP contribution is 2.30. The van der Waals surface area contributed by atoms with Crippen LogP contribution in [0.4, 0.5) is 0 Å². The van der Waals surface area contributed by atoms with Crippen LogP contribution in [-0.4, -0.2) is 64.3 Å².